The Morgan fingerprint density at radius 3 is 2.80 bits per heavy atom. The molecule has 1 aliphatic rings. The van der Waals surface area contributed by atoms with Gasteiger partial charge in [-0.1, -0.05) is 0 Å². The second-order valence-corrected chi connectivity index (χ2v) is 6.84. The van der Waals surface area contributed by atoms with Crippen LogP contribution in [0.3, 0.4) is 0 Å². The van der Waals surface area contributed by atoms with E-state index in [2.05, 4.69) is 24.5 Å². The molecule has 0 spiro atoms. The summed E-state index contributed by atoms with van der Waals surface area (Å²) in [7, 11) is 0. The van der Waals surface area contributed by atoms with E-state index in [1.165, 1.54) is 22.0 Å². The Hall–Kier alpha value is -2.23. The van der Waals surface area contributed by atoms with Gasteiger partial charge in [0.2, 0.25) is 5.13 Å². The van der Waals surface area contributed by atoms with Gasteiger partial charge in [-0.15, -0.1) is 10.2 Å². The third kappa shape index (κ3) is 3.06. The van der Waals surface area contributed by atoms with Crippen LogP contribution < -0.4 is 4.90 Å². The number of alkyl halides is 3. The molecule has 1 atom stereocenters. The third-order valence-electron chi connectivity index (χ3n) is 4.33. The van der Waals surface area contributed by atoms with Gasteiger partial charge in [0.15, 0.2) is 5.65 Å². The lowest BCUT2D eigenvalue weighted by atomic mass is 9.97. The summed E-state index contributed by atoms with van der Waals surface area (Å²) in [6.07, 6.45) is -1.54. The second-order valence-electron chi connectivity index (χ2n) is 6.11. The second kappa shape index (κ2) is 5.94. The van der Waals surface area contributed by atoms with Gasteiger partial charge in [0.1, 0.15) is 11.6 Å². The van der Waals surface area contributed by atoms with E-state index in [9.17, 15) is 13.2 Å². The lowest BCUT2D eigenvalue weighted by molar-refractivity contribution is -0.137. The molecule has 3 aromatic heterocycles. The van der Waals surface area contributed by atoms with Crippen molar-refractivity contribution < 1.29 is 13.2 Å². The number of hydrogen-bond donors (Lipinski definition) is 0. The van der Waals surface area contributed by atoms with E-state index >= 15 is 0 Å². The van der Waals surface area contributed by atoms with E-state index < -0.39 is 11.7 Å². The summed E-state index contributed by atoms with van der Waals surface area (Å²) in [5, 5.41) is 9.02. The topological polar surface area (TPSA) is 59.2 Å². The van der Waals surface area contributed by atoms with Gasteiger partial charge in [-0.2, -0.15) is 17.5 Å². The van der Waals surface area contributed by atoms with Crippen LogP contribution in [-0.2, 0) is 6.18 Å². The predicted octanol–water partition coefficient (Wildman–Crippen LogP) is 3.29. The molecule has 0 aliphatic carbocycles. The van der Waals surface area contributed by atoms with Gasteiger partial charge in [0.05, 0.1) is 5.56 Å². The molecule has 25 heavy (non-hydrogen) atoms. The number of aryl methyl sites for hydroxylation is 1. The number of hydrogen-bond acceptors (Lipinski definition) is 6. The van der Waals surface area contributed by atoms with Crippen molar-refractivity contribution >= 4 is 22.3 Å². The van der Waals surface area contributed by atoms with E-state index in [0.29, 0.717) is 18.0 Å². The Morgan fingerprint density at radius 2 is 2.08 bits per heavy atom. The Balaban J connectivity index is 1.66. The highest BCUT2D eigenvalue weighted by atomic mass is 32.1. The Kier molecular flexibility index (Phi) is 3.86. The molecule has 132 valence electrons. The minimum absolute atomic E-state index is 0.00330. The molecular weight excluding hydrogens is 353 g/mol. The van der Waals surface area contributed by atoms with E-state index in [4.69, 9.17) is 0 Å². The first-order chi connectivity index (χ1) is 11.9. The van der Waals surface area contributed by atoms with Crippen LogP contribution in [-0.4, -0.2) is 37.0 Å². The molecule has 6 nitrogen and oxygen atoms in total. The van der Waals surface area contributed by atoms with E-state index in [0.717, 1.165) is 42.6 Å². The van der Waals surface area contributed by atoms with Gasteiger partial charge in [0, 0.05) is 36.7 Å². The first-order valence-electron chi connectivity index (χ1n) is 7.89. The maximum absolute atomic E-state index is 13.0. The summed E-state index contributed by atoms with van der Waals surface area (Å²) in [5.74, 6) is 1.29. The van der Waals surface area contributed by atoms with Crippen molar-refractivity contribution in [1.82, 2.24) is 24.0 Å². The average Bonchev–Trinajstić information content (AvgIpc) is 3.20. The molecule has 0 bridgehead atoms. The summed E-state index contributed by atoms with van der Waals surface area (Å²) in [6, 6.07) is 2.39. The first kappa shape index (κ1) is 16.2. The van der Waals surface area contributed by atoms with E-state index in [1.807, 2.05) is 6.92 Å². The summed E-state index contributed by atoms with van der Waals surface area (Å²) < 4.78 is 44.7. The maximum Gasteiger partial charge on any atom is 0.417 e. The highest BCUT2D eigenvalue weighted by Gasteiger charge is 2.32. The Labute approximate surface area is 145 Å². The van der Waals surface area contributed by atoms with Crippen molar-refractivity contribution in [3.8, 4) is 0 Å². The van der Waals surface area contributed by atoms with Crippen LogP contribution in [0.4, 0.5) is 18.3 Å². The number of nitrogens with zero attached hydrogens (tertiary/aromatic N) is 6. The number of pyridine rings is 1. The minimum atomic E-state index is -4.39. The average molecular weight is 368 g/mol. The third-order valence-corrected chi connectivity index (χ3v) is 5.20. The standard InChI is InChI=1S/C15H15F3N6S/c1-9-19-14(25-22-9)23-6-2-3-10(7-23)13-21-20-12-5-4-11(8-24(12)13)15(16,17)18/h4-5,8,10H,2-3,6-7H2,1H3. The number of fused-ring (bicyclic) bond motifs is 1. The van der Waals surface area contributed by atoms with Gasteiger partial charge in [0.25, 0.3) is 0 Å². The molecule has 0 radical (unpaired) electrons. The van der Waals surface area contributed by atoms with Crippen molar-refractivity contribution in [3.05, 3.63) is 35.5 Å². The molecule has 10 heteroatoms. The number of piperidine rings is 1. The molecule has 1 unspecified atom stereocenters. The molecule has 0 aromatic carbocycles. The molecule has 1 fully saturated rings. The molecule has 0 N–H and O–H groups in total. The van der Waals surface area contributed by atoms with Gasteiger partial charge in [-0.05, 0) is 31.9 Å². The maximum atomic E-state index is 13.0. The fourth-order valence-corrected chi connectivity index (χ4v) is 3.84. The fourth-order valence-electron chi connectivity index (χ4n) is 3.13. The van der Waals surface area contributed by atoms with Crippen LogP contribution in [0.2, 0.25) is 0 Å². The largest absolute Gasteiger partial charge is 0.417 e. The molecule has 4 heterocycles. The van der Waals surface area contributed by atoms with Gasteiger partial charge < -0.3 is 4.90 Å². The molecule has 1 saturated heterocycles. The van der Waals surface area contributed by atoms with E-state index in [-0.39, 0.29) is 5.92 Å². The number of rotatable bonds is 2. The van der Waals surface area contributed by atoms with Crippen molar-refractivity contribution in [2.24, 2.45) is 0 Å². The van der Waals surface area contributed by atoms with Crippen LogP contribution in [0.1, 0.15) is 36.0 Å². The van der Waals surface area contributed by atoms with E-state index in [1.54, 1.807) is 0 Å². The number of aromatic nitrogens is 5. The number of halogens is 3. The zero-order valence-electron chi connectivity index (χ0n) is 13.4. The van der Waals surface area contributed by atoms with Gasteiger partial charge >= 0.3 is 6.18 Å². The van der Waals surface area contributed by atoms with Gasteiger partial charge in [-0.3, -0.25) is 4.40 Å². The molecular formula is C15H15F3N6S. The zero-order chi connectivity index (χ0) is 17.6. The molecule has 3 aromatic rings. The Bertz CT molecular complexity index is 902. The monoisotopic (exact) mass is 368 g/mol. The van der Waals surface area contributed by atoms with Crippen molar-refractivity contribution in [1.29, 1.82) is 0 Å². The van der Waals surface area contributed by atoms with Crippen LogP contribution in [0.15, 0.2) is 18.3 Å². The van der Waals surface area contributed by atoms with Crippen LogP contribution in [0, 0.1) is 6.92 Å². The summed E-state index contributed by atoms with van der Waals surface area (Å²) >= 11 is 1.34. The fraction of sp³-hybridized carbons (Fsp3) is 0.467. The molecule has 4 rings (SSSR count). The Morgan fingerprint density at radius 1 is 1.24 bits per heavy atom. The normalized spacial score (nSPS) is 18.9. The first-order valence-corrected chi connectivity index (χ1v) is 8.66. The predicted molar refractivity (Wildman–Crippen MR) is 86.8 cm³/mol. The smallest absolute Gasteiger partial charge is 0.346 e. The quantitative estimate of drug-likeness (QED) is 0.695. The van der Waals surface area contributed by atoms with Gasteiger partial charge in [-0.25, -0.2) is 4.98 Å². The highest BCUT2D eigenvalue weighted by molar-refractivity contribution is 7.09. The molecule has 0 amide bonds. The number of anilines is 1. The van der Waals surface area contributed by atoms with Crippen LogP contribution in [0.25, 0.3) is 5.65 Å². The van der Waals surface area contributed by atoms with Crippen LogP contribution >= 0.6 is 11.5 Å². The summed E-state index contributed by atoms with van der Waals surface area (Å²) in [4.78, 5) is 6.52. The lowest BCUT2D eigenvalue weighted by Gasteiger charge is -2.31. The SMILES string of the molecule is Cc1nsc(N2CCCC(c3nnc4ccc(C(F)(F)F)cn34)C2)n1. The highest BCUT2D eigenvalue weighted by Crippen LogP contribution is 2.32. The molecule has 0 saturated carbocycles. The van der Waals surface area contributed by atoms with Crippen molar-refractivity contribution in [3.63, 3.8) is 0 Å². The molecule has 1 aliphatic heterocycles. The zero-order valence-corrected chi connectivity index (χ0v) is 14.2. The van der Waals surface area contributed by atoms with Crippen molar-refractivity contribution in [2.75, 3.05) is 18.0 Å². The van der Waals surface area contributed by atoms with Crippen molar-refractivity contribution in [2.45, 2.75) is 31.9 Å². The van der Waals surface area contributed by atoms with Crippen LogP contribution in [0.5, 0.6) is 0 Å². The lowest BCUT2D eigenvalue weighted by Crippen LogP contribution is -2.35. The summed E-state index contributed by atoms with van der Waals surface area (Å²) in [6.45, 7) is 3.34. The minimum Gasteiger partial charge on any atom is -0.346 e. The summed E-state index contributed by atoms with van der Waals surface area (Å²) in [5.41, 5.74) is -0.277.